The smallest absolute Gasteiger partial charge is 0.237 e. The predicted octanol–water partition coefficient (Wildman–Crippen LogP) is 3.23. The Bertz CT molecular complexity index is 643. The number of hydrogen-bond acceptors (Lipinski definition) is 4. The molecule has 1 aromatic carbocycles. The first-order chi connectivity index (χ1) is 10.3. The molecule has 0 radical (unpaired) electrons. The number of amides is 1. The standard InChI is InChI=1S/C16H22N4OS/c1-11(22-15-19-17-10-20(15)5)14(21)18-13-8-6-12(7-9-13)16(2,3)4/h6-11H,1-5H3,(H,18,21). The summed E-state index contributed by atoms with van der Waals surface area (Å²) in [5.41, 5.74) is 2.16. The largest absolute Gasteiger partial charge is 0.325 e. The maximum atomic E-state index is 12.2. The van der Waals surface area contributed by atoms with Gasteiger partial charge in [0.15, 0.2) is 5.16 Å². The molecule has 1 heterocycles. The van der Waals surface area contributed by atoms with Crippen molar-refractivity contribution in [3.05, 3.63) is 36.2 Å². The topological polar surface area (TPSA) is 59.8 Å². The van der Waals surface area contributed by atoms with Gasteiger partial charge in [0.2, 0.25) is 5.91 Å². The summed E-state index contributed by atoms with van der Waals surface area (Å²) in [5, 5.41) is 11.2. The van der Waals surface area contributed by atoms with Gasteiger partial charge < -0.3 is 9.88 Å². The molecule has 22 heavy (non-hydrogen) atoms. The van der Waals surface area contributed by atoms with E-state index in [0.29, 0.717) is 0 Å². The number of anilines is 1. The number of aryl methyl sites for hydroxylation is 1. The molecule has 2 rings (SSSR count). The van der Waals surface area contributed by atoms with Crippen LogP contribution < -0.4 is 5.32 Å². The average Bonchev–Trinajstić information content (AvgIpc) is 2.84. The van der Waals surface area contributed by atoms with Crippen LogP contribution in [0.5, 0.6) is 0 Å². The van der Waals surface area contributed by atoms with Gasteiger partial charge in [0.05, 0.1) is 5.25 Å². The molecule has 0 aliphatic carbocycles. The van der Waals surface area contributed by atoms with Gasteiger partial charge in [-0.25, -0.2) is 0 Å². The molecule has 0 aliphatic heterocycles. The highest BCUT2D eigenvalue weighted by atomic mass is 32.2. The zero-order chi connectivity index (χ0) is 16.3. The summed E-state index contributed by atoms with van der Waals surface area (Å²) in [7, 11) is 1.86. The fraction of sp³-hybridized carbons (Fsp3) is 0.438. The monoisotopic (exact) mass is 318 g/mol. The van der Waals surface area contributed by atoms with Crippen LogP contribution in [0.3, 0.4) is 0 Å². The zero-order valence-corrected chi connectivity index (χ0v) is 14.4. The fourth-order valence-electron chi connectivity index (χ4n) is 1.89. The Labute approximate surface area is 135 Å². The van der Waals surface area contributed by atoms with Crippen molar-refractivity contribution in [2.75, 3.05) is 5.32 Å². The highest BCUT2D eigenvalue weighted by Crippen LogP contribution is 2.25. The quantitative estimate of drug-likeness (QED) is 0.879. The summed E-state index contributed by atoms with van der Waals surface area (Å²) in [6.45, 7) is 8.36. The lowest BCUT2D eigenvalue weighted by Crippen LogP contribution is -2.23. The van der Waals surface area contributed by atoms with Gasteiger partial charge >= 0.3 is 0 Å². The number of carbonyl (C=O) groups is 1. The Morgan fingerprint density at radius 3 is 2.41 bits per heavy atom. The van der Waals surface area contributed by atoms with Crippen molar-refractivity contribution in [3.8, 4) is 0 Å². The van der Waals surface area contributed by atoms with Crippen molar-refractivity contribution < 1.29 is 4.79 Å². The molecule has 0 aliphatic rings. The Hall–Kier alpha value is -1.82. The summed E-state index contributed by atoms with van der Waals surface area (Å²) < 4.78 is 1.80. The van der Waals surface area contributed by atoms with Gasteiger partial charge in [0.25, 0.3) is 0 Å². The molecule has 1 aromatic heterocycles. The molecule has 1 amide bonds. The van der Waals surface area contributed by atoms with Crippen LogP contribution in [-0.2, 0) is 17.3 Å². The molecule has 2 aromatic rings. The van der Waals surface area contributed by atoms with E-state index in [9.17, 15) is 4.79 Å². The van der Waals surface area contributed by atoms with Gasteiger partial charge in [-0.15, -0.1) is 10.2 Å². The highest BCUT2D eigenvalue weighted by Gasteiger charge is 2.18. The van der Waals surface area contributed by atoms with E-state index in [0.717, 1.165) is 10.8 Å². The first kappa shape index (κ1) is 16.5. The molecule has 0 saturated carbocycles. The van der Waals surface area contributed by atoms with Crippen LogP contribution in [0.15, 0.2) is 35.7 Å². The van der Waals surface area contributed by atoms with Crippen LogP contribution in [0.1, 0.15) is 33.3 Å². The lowest BCUT2D eigenvalue weighted by Gasteiger charge is -2.19. The SMILES string of the molecule is CC(Sc1nncn1C)C(=O)Nc1ccc(C(C)(C)C)cc1. The van der Waals surface area contributed by atoms with E-state index in [1.165, 1.54) is 17.3 Å². The third-order valence-corrected chi connectivity index (χ3v) is 4.49. The normalized spacial score (nSPS) is 13.0. The van der Waals surface area contributed by atoms with Crippen molar-refractivity contribution in [2.24, 2.45) is 7.05 Å². The summed E-state index contributed by atoms with van der Waals surface area (Å²) in [5.74, 6) is -0.0449. The van der Waals surface area contributed by atoms with Crippen molar-refractivity contribution in [2.45, 2.75) is 43.5 Å². The third-order valence-electron chi connectivity index (χ3n) is 3.34. The molecular formula is C16H22N4OS. The lowest BCUT2D eigenvalue weighted by atomic mass is 9.87. The van der Waals surface area contributed by atoms with Crippen LogP contribution in [0, 0.1) is 0 Å². The fourth-order valence-corrected chi connectivity index (χ4v) is 2.68. The highest BCUT2D eigenvalue weighted by molar-refractivity contribution is 8.00. The summed E-state index contributed by atoms with van der Waals surface area (Å²) in [6, 6.07) is 7.99. The molecule has 0 saturated heterocycles. The minimum absolute atomic E-state index is 0.0449. The van der Waals surface area contributed by atoms with E-state index < -0.39 is 0 Å². The Morgan fingerprint density at radius 2 is 1.91 bits per heavy atom. The summed E-state index contributed by atoms with van der Waals surface area (Å²) in [6.07, 6.45) is 1.62. The molecule has 5 nitrogen and oxygen atoms in total. The zero-order valence-electron chi connectivity index (χ0n) is 13.6. The van der Waals surface area contributed by atoms with Gasteiger partial charge in [0, 0.05) is 12.7 Å². The van der Waals surface area contributed by atoms with E-state index in [4.69, 9.17) is 0 Å². The summed E-state index contributed by atoms with van der Waals surface area (Å²) in [4.78, 5) is 12.2. The number of nitrogens with zero attached hydrogens (tertiary/aromatic N) is 3. The van der Waals surface area contributed by atoms with Crippen LogP contribution in [0.4, 0.5) is 5.69 Å². The minimum Gasteiger partial charge on any atom is -0.325 e. The van der Waals surface area contributed by atoms with Crippen LogP contribution >= 0.6 is 11.8 Å². The molecule has 0 bridgehead atoms. The maximum Gasteiger partial charge on any atom is 0.237 e. The van der Waals surface area contributed by atoms with Crippen molar-refractivity contribution in [3.63, 3.8) is 0 Å². The predicted molar refractivity (Wildman–Crippen MR) is 90.1 cm³/mol. The third kappa shape index (κ3) is 4.10. The van der Waals surface area contributed by atoms with Gasteiger partial charge in [0.1, 0.15) is 6.33 Å². The van der Waals surface area contributed by atoms with E-state index in [1.807, 2.05) is 26.1 Å². The van der Waals surface area contributed by atoms with Crippen molar-refractivity contribution in [1.82, 2.24) is 14.8 Å². The molecule has 6 heteroatoms. The maximum absolute atomic E-state index is 12.2. The number of benzene rings is 1. The number of nitrogens with one attached hydrogen (secondary N) is 1. The Balaban J connectivity index is 1.98. The molecule has 1 atom stereocenters. The van der Waals surface area contributed by atoms with E-state index in [1.54, 1.807) is 10.9 Å². The Morgan fingerprint density at radius 1 is 1.27 bits per heavy atom. The second-order valence-corrected chi connectivity index (χ2v) is 7.61. The summed E-state index contributed by atoms with van der Waals surface area (Å²) >= 11 is 1.39. The number of rotatable bonds is 4. The van der Waals surface area contributed by atoms with Gasteiger partial charge in [-0.3, -0.25) is 4.79 Å². The van der Waals surface area contributed by atoms with Gasteiger partial charge in [-0.1, -0.05) is 44.7 Å². The van der Waals surface area contributed by atoms with Gasteiger partial charge in [-0.05, 0) is 30.0 Å². The number of aromatic nitrogens is 3. The first-order valence-corrected chi connectivity index (χ1v) is 8.07. The minimum atomic E-state index is -0.245. The van der Waals surface area contributed by atoms with Crippen molar-refractivity contribution >= 4 is 23.4 Å². The lowest BCUT2D eigenvalue weighted by molar-refractivity contribution is -0.115. The molecule has 0 spiro atoms. The molecular weight excluding hydrogens is 296 g/mol. The number of thioether (sulfide) groups is 1. The van der Waals surface area contributed by atoms with Crippen LogP contribution in [-0.4, -0.2) is 25.9 Å². The number of carbonyl (C=O) groups excluding carboxylic acids is 1. The van der Waals surface area contributed by atoms with Crippen LogP contribution in [0.25, 0.3) is 0 Å². The average molecular weight is 318 g/mol. The van der Waals surface area contributed by atoms with Gasteiger partial charge in [-0.2, -0.15) is 0 Å². The van der Waals surface area contributed by atoms with E-state index >= 15 is 0 Å². The second-order valence-electron chi connectivity index (χ2n) is 6.30. The van der Waals surface area contributed by atoms with E-state index in [-0.39, 0.29) is 16.6 Å². The Kier molecular flexibility index (Phi) is 4.90. The van der Waals surface area contributed by atoms with Crippen LogP contribution in [0.2, 0.25) is 0 Å². The molecule has 0 fully saturated rings. The van der Waals surface area contributed by atoms with Crippen molar-refractivity contribution in [1.29, 1.82) is 0 Å². The first-order valence-electron chi connectivity index (χ1n) is 7.19. The number of hydrogen-bond donors (Lipinski definition) is 1. The molecule has 118 valence electrons. The molecule has 1 unspecified atom stereocenters. The molecule has 1 N–H and O–H groups in total. The second kappa shape index (κ2) is 6.52. The van der Waals surface area contributed by atoms with E-state index in [2.05, 4.69) is 48.4 Å².